The van der Waals surface area contributed by atoms with E-state index >= 15 is 0 Å². The molecule has 0 fully saturated rings. The van der Waals surface area contributed by atoms with Crippen LogP contribution in [0.25, 0.3) is 0 Å². The third-order valence-electron chi connectivity index (χ3n) is 1.80. The number of amides is 2. The van der Waals surface area contributed by atoms with Crippen LogP contribution in [0.2, 0.25) is 0 Å². The first-order valence-corrected chi connectivity index (χ1v) is 3.88. The molecule has 0 aliphatic carbocycles. The van der Waals surface area contributed by atoms with Gasteiger partial charge in [0.05, 0.1) is 11.3 Å². The molecule has 1 heterocycles. The third-order valence-corrected chi connectivity index (χ3v) is 1.80. The van der Waals surface area contributed by atoms with Crippen molar-refractivity contribution in [3.8, 4) is 0 Å². The second-order valence-corrected chi connectivity index (χ2v) is 2.72. The largest absolute Gasteiger partial charge is 0.324 e. The maximum Gasteiger partial charge on any atom is 0.275 e. The summed E-state index contributed by atoms with van der Waals surface area (Å²) in [6.07, 6.45) is 0. The second-order valence-electron chi connectivity index (χ2n) is 2.72. The fraction of sp³-hybridized carbons (Fsp3) is 0.111. The summed E-state index contributed by atoms with van der Waals surface area (Å²) in [5.41, 5.74) is 0.993. The zero-order valence-corrected chi connectivity index (χ0v) is 6.78. The van der Waals surface area contributed by atoms with E-state index in [-0.39, 0.29) is 18.4 Å². The molecule has 4 nitrogen and oxygen atoms in total. The number of anilines is 1. The molecule has 0 saturated carbocycles. The molecule has 13 heavy (non-hydrogen) atoms. The average Bonchev–Trinajstić information content (AvgIpc) is 2.27. The Morgan fingerprint density at radius 1 is 1.23 bits per heavy atom. The standard InChI is InChI=1S/C9H7N2O2/c12-8-5-10-9(13)6-3-1-2-4-7(6)11-8/h1-4H,5H2,(H,11,12). The molecule has 1 aliphatic rings. The summed E-state index contributed by atoms with van der Waals surface area (Å²) in [5, 5.41) is 6.19. The number of benzene rings is 1. The smallest absolute Gasteiger partial charge is 0.275 e. The normalized spacial score (nSPS) is 15.4. The Labute approximate surface area is 74.9 Å². The number of hydrogen-bond donors (Lipinski definition) is 1. The van der Waals surface area contributed by atoms with Crippen LogP contribution >= 0.6 is 0 Å². The van der Waals surface area contributed by atoms with E-state index in [2.05, 4.69) is 10.6 Å². The Hall–Kier alpha value is -1.84. The van der Waals surface area contributed by atoms with Gasteiger partial charge < -0.3 is 5.32 Å². The zero-order chi connectivity index (χ0) is 9.26. The first kappa shape index (κ1) is 7.79. The molecule has 0 atom stereocenters. The van der Waals surface area contributed by atoms with Crippen LogP contribution in [0.1, 0.15) is 10.4 Å². The molecule has 0 saturated heterocycles. The minimum absolute atomic E-state index is 0.0898. The summed E-state index contributed by atoms with van der Waals surface area (Å²) < 4.78 is 0. The lowest BCUT2D eigenvalue weighted by molar-refractivity contribution is -0.115. The number of hydrogen-bond acceptors (Lipinski definition) is 2. The van der Waals surface area contributed by atoms with Gasteiger partial charge in [-0.25, -0.2) is 5.32 Å². The van der Waals surface area contributed by atoms with Crippen molar-refractivity contribution in [1.29, 1.82) is 0 Å². The van der Waals surface area contributed by atoms with Crippen LogP contribution in [-0.4, -0.2) is 18.4 Å². The Kier molecular flexibility index (Phi) is 1.73. The molecule has 2 amide bonds. The van der Waals surface area contributed by atoms with E-state index in [4.69, 9.17) is 0 Å². The van der Waals surface area contributed by atoms with Gasteiger partial charge in [-0.2, -0.15) is 0 Å². The SMILES string of the molecule is O=C1C[N]C(=O)c2ccccc2N1. The van der Waals surface area contributed by atoms with Crippen molar-refractivity contribution in [3.05, 3.63) is 29.8 Å². The fourth-order valence-corrected chi connectivity index (χ4v) is 1.20. The molecule has 4 heteroatoms. The number of fused-ring (bicyclic) bond motifs is 1. The van der Waals surface area contributed by atoms with Crippen molar-refractivity contribution < 1.29 is 9.59 Å². The zero-order valence-electron chi connectivity index (χ0n) is 6.78. The van der Waals surface area contributed by atoms with Gasteiger partial charge in [-0.1, -0.05) is 12.1 Å². The highest BCUT2D eigenvalue weighted by Gasteiger charge is 2.18. The van der Waals surface area contributed by atoms with E-state index in [0.29, 0.717) is 11.3 Å². The highest BCUT2D eigenvalue weighted by molar-refractivity contribution is 6.08. The van der Waals surface area contributed by atoms with Crippen molar-refractivity contribution in [2.24, 2.45) is 0 Å². The fourth-order valence-electron chi connectivity index (χ4n) is 1.20. The van der Waals surface area contributed by atoms with Gasteiger partial charge in [-0.3, -0.25) is 9.59 Å². The Bertz CT molecular complexity index is 374. The van der Waals surface area contributed by atoms with Gasteiger partial charge in [-0.15, -0.1) is 0 Å². The number of nitrogens with zero attached hydrogens (tertiary/aromatic N) is 1. The van der Waals surface area contributed by atoms with Crippen LogP contribution in [0.3, 0.4) is 0 Å². The average molecular weight is 175 g/mol. The van der Waals surface area contributed by atoms with Crippen molar-refractivity contribution in [2.75, 3.05) is 11.9 Å². The van der Waals surface area contributed by atoms with Crippen LogP contribution in [0, 0.1) is 0 Å². The molecular formula is C9H7N2O2. The first-order chi connectivity index (χ1) is 6.27. The minimum Gasteiger partial charge on any atom is -0.324 e. The summed E-state index contributed by atoms with van der Waals surface area (Å²) in [6.45, 7) is -0.0898. The van der Waals surface area contributed by atoms with Gasteiger partial charge in [-0.05, 0) is 12.1 Å². The number of rotatable bonds is 0. The molecule has 1 aromatic rings. The van der Waals surface area contributed by atoms with E-state index < -0.39 is 0 Å². The number of nitrogens with one attached hydrogen (secondary N) is 1. The van der Waals surface area contributed by atoms with Crippen LogP contribution in [0.4, 0.5) is 5.69 Å². The van der Waals surface area contributed by atoms with Gasteiger partial charge in [0, 0.05) is 0 Å². The lowest BCUT2D eigenvalue weighted by Crippen LogP contribution is -2.22. The number of carbonyl (C=O) groups is 2. The lowest BCUT2D eigenvalue weighted by atomic mass is 10.2. The minimum atomic E-state index is -0.339. The molecule has 0 aromatic heterocycles. The van der Waals surface area contributed by atoms with Gasteiger partial charge in [0.2, 0.25) is 5.91 Å². The third kappa shape index (κ3) is 1.38. The number of para-hydroxylation sites is 1. The molecule has 2 rings (SSSR count). The van der Waals surface area contributed by atoms with E-state index in [1.54, 1.807) is 24.3 Å². The molecule has 1 aliphatic heterocycles. The van der Waals surface area contributed by atoms with E-state index in [0.717, 1.165) is 0 Å². The Morgan fingerprint density at radius 2 is 2.00 bits per heavy atom. The van der Waals surface area contributed by atoms with Crippen molar-refractivity contribution in [1.82, 2.24) is 5.32 Å². The molecular weight excluding hydrogens is 168 g/mol. The van der Waals surface area contributed by atoms with Crippen molar-refractivity contribution >= 4 is 17.5 Å². The molecule has 1 N–H and O–H groups in total. The summed E-state index contributed by atoms with van der Waals surface area (Å²) in [4.78, 5) is 22.3. The van der Waals surface area contributed by atoms with Gasteiger partial charge in [0.1, 0.15) is 6.54 Å². The molecule has 65 valence electrons. The number of carbonyl (C=O) groups excluding carboxylic acids is 2. The van der Waals surface area contributed by atoms with Crippen LogP contribution in [-0.2, 0) is 4.79 Å². The summed E-state index contributed by atoms with van der Waals surface area (Å²) in [7, 11) is 0. The van der Waals surface area contributed by atoms with Crippen molar-refractivity contribution in [2.45, 2.75) is 0 Å². The quantitative estimate of drug-likeness (QED) is 0.619. The van der Waals surface area contributed by atoms with Crippen LogP contribution in [0.5, 0.6) is 0 Å². The monoisotopic (exact) mass is 175 g/mol. The topological polar surface area (TPSA) is 60.3 Å². The Morgan fingerprint density at radius 3 is 2.85 bits per heavy atom. The maximum absolute atomic E-state index is 11.3. The second kappa shape index (κ2) is 2.90. The van der Waals surface area contributed by atoms with E-state index in [9.17, 15) is 9.59 Å². The maximum atomic E-state index is 11.3. The molecule has 0 spiro atoms. The summed E-state index contributed by atoms with van der Waals surface area (Å²) in [5.74, 6) is -0.591. The summed E-state index contributed by atoms with van der Waals surface area (Å²) in [6, 6.07) is 6.83. The van der Waals surface area contributed by atoms with Gasteiger partial charge in [0.15, 0.2) is 0 Å². The molecule has 1 radical (unpaired) electrons. The Balaban J connectivity index is 2.49. The van der Waals surface area contributed by atoms with Gasteiger partial charge >= 0.3 is 0 Å². The van der Waals surface area contributed by atoms with Gasteiger partial charge in [0.25, 0.3) is 5.91 Å². The van der Waals surface area contributed by atoms with Crippen LogP contribution in [0.15, 0.2) is 24.3 Å². The van der Waals surface area contributed by atoms with E-state index in [1.165, 1.54) is 0 Å². The first-order valence-electron chi connectivity index (χ1n) is 3.88. The van der Waals surface area contributed by atoms with Crippen molar-refractivity contribution in [3.63, 3.8) is 0 Å². The summed E-state index contributed by atoms with van der Waals surface area (Å²) >= 11 is 0. The van der Waals surface area contributed by atoms with E-state index in [1.807, 2.05) is 0 Å². The van der Waals surface area contributed by atoms with Crippen LogP contribution < -0.4 is 10.6 Å². The highest BCUT2D eigenvalue weighted by atomic mass is 16.2. The molecule has 0 bridgehead atoms. The highest BCUT2D eigenvalue weighted by Crippen LogP contribution is 2.16. The lowest BCUT2D eigenvalue weighted by Gasteiger charge is -2.01. The molecule has 1 aromatic carbocycles. The molecule has 0 unspecified atom stereocenters. The predicted molar refractivity (Wildman–Crippen MR) is 46.4 cm³/mol. The predicted octanol–water partition coefficient (Wildman–Crippen LogP) is 0.383.